The summed E-state index contributed by atoms with van der Waals surface area (Å²) >= 11 is 0. The van der Waals surface area contributed by atoms with Crippen LogP contribution in [-0.4, -0.2) is 29.6 Å². The average molecular weight is 286 g/mol. The van der Waals surface area contributed by atoms with Crippen LogP contribution in [0.3, 0.4) is 0 Å². The third-order valence-electron chi connectivity index (χ3n) is 3.34. The normalized spacial score (nSPS) is 12.1. The van der Waals surface area contributed by atoms with Gasteiger partial charge in [0.15, 0.2) is 0 Å². The standard InChI is InChI=1S/C15H30N2O3/c1-2-3-4-5-6-7-11-14(18)17-13(15(19)20)10-8-9-12-16/h13H,2-12,16H2,1H3,(H,17,18)(H,19,20). The van der Waals surface area contributed by atoms with Crippen molar-refractivity contribution in [1.82, 2.24) is 5.32 Å². The van der Waals surface area contributed by atoms with E-state index < -0.39 is 12.0 Å². The van der Waals surface area contributed by atoms with Crippen molar-refractivity contribution >= 4 is 11.9 Å². The largest absolute Gasteiger partial charge is 0.480 e. The van der Waals surface area contributed by atoms with Crippen LogP contribution < -0.4 is 11.1 Å². The molecule has 118 valence electrons. The maximum Gasteiger partial charge on any atom is 0.326 e. The summed E-state index contributed by atoms with van der Waals surface area (Å²) in [5.74, 6) is -1.11. The third-order valence-corrected chi connectivity index (χ3v) is 3.34. The van der Waals surface area contributed by atoms with Crippen LogP contribution in [0.15, 0.2) is 0 Å². The Labute approximate surface area is 122 Å². The van der Waals surface area contributed by atoms with Gasteiger partial charge in [0, 0.05) is 6.42 Å². The molecule has 1 unspecified atom stereocenters. The molecular formula is C15H30N2O3. The molecule has 20 heavy (non-hydrogen) atoms. The van der Waals surface area contributed by atoms with E-state index in [2.05, 4.69) is 12.2 Å². The molecule has 0 radical (unpaired) electrons. The van der Waals surface area contributed by atoms with Crippen LogP contribution >= 0.6 is 0 Å². The quantitative estimate of drug-likeness (QED) is 0.453. The van der Waals surface area contributed by atoms with Crippen molar-refractivity contribution < 1.29 is 14.7 Å². The van der Waals surface area contributed by atoms with Gasteiger partial charge in [0.05, 0.1) is 0 Å². The van der Waals surface area contributed by atoms with Crippen molar-refractivity contribution in [3.63, 3.8) is 0 Å². The predicted octanol–water partition coefficient (Wildman–Crippen LogP) is 2.44. The van der Waals surface area contributed by atoms with Crippen molar-refractivity contribution in [2.45, 2.75) is 77.2 Å². The Bertz CT molecular complexity index is 270. The van der Waals surface area contributed by atoms with Gasteiger partial charge < -0.3 is 16.2 Å². The van der Waals surface area contributed by atoms with Gasteiger partial charge in [0.2, 0.25) is 5.91 Å². The Kier molecular flexibility index (Phi) is 12.2. The first-order chi connectivity index (χ1) is 9.61. The Morgan fingerprint density at radius 1 is 1.05 bits per heavy atom. The maximum absolute atomic E-state index is 11.7. The number of carbonyl (C=O) groups excluding carboxylic acids is 1. The van der Waals surface area contributed by atoms with Crippen molar-refractivity contribution in [2.75, 3.05) is 6.54 Å². The number of nitrogens with two attached hydrogens (primary N) is 1. The Hall–Kier alpha value is -1.10. The number of rotatable bonds is 13. The fourth-order valence-electron chi connectivity index (χ4n) is 2.08. The van der Waals surface area contributed by atoms with Crippen LogP contribution in [0.25, 0.3) is 0 Å². The third kappa shape index (κ3) is 10.8. The summed E-state index contributed by atoms with van der Waals surface area (Å²) in [4.78, 5) is 22.7. The zero-order valence-electron chi connectivity index (χ0n) is 12.7. The van der Waals surface area contributed by atoms with Gasteiger partial charge in [-0.15, -0.1) is 0 Å². The molecule has 1 amide bonds. The van der Waals surface area contributed by atoms with Crippen molar-refractivity contribution in [3.05, 3.63) is 0 Å². The molecule has 0 aliphatic rings. The Balaban J connectivity index is 3.75. The maximum atomic E-state index is 11.7. The van der Waals surface area contributed by atoms with Crippen LogP contribution in [0.1, 0.15) is 71.1 Å². The fourth-order valence-corrected chi connectivity index (χ4v) is 2.08. The van der Waals surface area contributed by atoms with Crippen molar-refractivity contribution in [2.24, 2.45) is 5.73 Å². The number of hydrogen-bond acceptors (Lipinski definition) is 3. The van der Waals surface area contributed by atoms with E-state index in [0.717, 1.165) is 32.1 Å². The number of carboxylic acid groups (broad SMARTS) is 1. The molecule has 0 aromatic rings. The van der Waals surface area contributed by atoms with Crippen LogP contribution in [0.5, 0.6) is 0 Å². The van der Waals surface area contributed by atoms with E-state index >= 15 is 0 Å². The summed E-state index contributed by atoms with van der Waals surface area (Å²) in [7, 11) is 0. The molecule has 0 fully saturated rings. The molecule has 0 saturated carbocycles. The lowest BCUT2D eigenvalue weighted by Crippen LogP contribution is -2.40. The minimum atomic E-state index is -0.960. The minimum Gasteiger partial charge on any atom is -0.480 e. The topological polar surface area (TPSA) is 92.4 Å². The van der Waals surface area contributed by atoms with Crippen molar-refractivity contribution in [3.8, 4) is 0 Å². The second kappa shape index (κ2) is 12.9. The predicted molar refractivity (Wildman–Crippen MR) is 80.5 cm³/mol. The molecule has 0 rings (SSSR count). The van der Waals surface area contributed by atoms with Crippen LogP contribution in [0.4, 0.5) is 0 Å². The molecule has 0 aromatic heterocycles. The monoisotopic (exact) mass is 286 g/mol. The highest BCUT2D eigenvalue weighted by Gasteiger charge is 2.18. The number of carbonyl (C=O) groups is 2. The first-order valence-corrected chi connectivity index (χ1v) is 7.84. The van der Waals surface area contributed by atoms with Crippen LogP contribution in [-0.2, 0) is 9.59 Å². The SMILES string of the molecule is CCCCCCCCC(=O)NC(CCCCN)C(=O)O. The zero-order valence-corrected chi connectivity index (χ0v) is 12.7. The smallest absolute Gasteiger partial charge is 0.326 e. The second-order valence-corrected chi connectivity index (χ2v) is 5.26. The summed E-state index contributed by atoms with van der Waals surface area (Å²) in [6.45, 7) is 2.72. The van der Waals surface area contributed by atoms with Gasteiger partial charge in [-0.05, 0) is 32.2 Å². The fraction of sp³-hybridized carbons (Fsp3) is 0.867. The molecule has 0 spiro atoms. The molecule has 4 N–H and O–H groups in total. The summed E-state index contributed by atoms with van der Waals surface area (Å²) in [5, 5.41) is 11.6. The van der Waals surface area contributed by atoms with E-state index in [4.69, 9.17) is 10.8 Å². The van der Waals surface area contributed by atoms with Gasteiger partial charge in [-0.25, -0.2) is 4.79 Å². The number of amides is 1. The molecule has 0 saturated heterocycles. The highest BCUT2D eigenvalue weighted by molar-refractivity contribution is 5.83. The Morgan fingerprint density at radius 3 is 2.30 bits per heavy atom. The molecule has 0 aromatic carbocycles. The molecule has 5 nitrogen and oxygen atoms in total. The molecule has 0 bridgehead atoms. The molecule has 0 aliphatic carbocycles. The minimum absolute atomic E-state index is 0.152. The lowest BCUT2D eigenvalue weighted by molar-refractivity contribution is -0.142. The van der Waals surface area contributed by atoms with Gasteiger partial charge in [-0.3, -0.25) is 4.79 Å². The van der Waals surface area contributed by atoms with E-state index in [-0.39, 0.29) is 5.91 Å². The van der Waals surface area contributed by atoms with E-state index in [1.165, 1.54) is 19.3 Å². The first-order valence-electron chi connectivity index (χ1n) is 7.84. The second-order valence-electron chi connectivity index (χ2n) is 5.26. The van der Waals surface area contributed by atoms with E-state index in [1.54, 1.807) is 0 Å². The van der Waals surface area contributed by atoms with Gasteiger partial charge in [-0.2, -0.15) is 0 Å². The van der Waals surface area contributed by atoms with Crippen molar-refractivity contribution in [1.29, 1.82) is 0 Å². The lowest BCUT2D eigenvalue weighted by Gasteiger charge is -2.14. The van der Waals surface area contributed by atoms with E-state index in [9.17, 15) is 9.59 Å². The number of nitrogens with one attached hydrogen (secondary N) is 1. The van der Waals surface area contributed by atoms with Gasteiger partial charge in [0.1, 0.15) is 6.04 Å². The number of hydrogen-bond donors (Lipinski definition) is 3. The van der Waals surface area contributed by atoms with Gasteiger partial charge in [0.25, 0.3) is 0 Å². The van der Waals surface area contributed by atoms with Gasteiger partial charge in [-0.1, -0.05) is 39.0 Å². The number of carboxylic acids is 1. The summed E-state index contributed by atoms with van der Waals surface area (Å²) in [6.07, 6.45) is 9.10. The molecule has 0 heterocycles. The summed E-state index contributed by atoms with van der Waals surface area (Å²) in [6, 6.07) is -0.769. The lowest BCUT2D eigenvalue weighted by atomic mass is 10.1. The first kappa shape index (κ1) is 18.9. The zero-order chi connectivity index (χ0) is 15.2. The van der Waals surface area contributed by atoms with Crippen LogP contribution in [0, 0.1) is 0 Å². The molecule has 0 aliphatic heterocycles. The van der Waals surface area contributed by atoms with Crippen LogP contribution in [0.2, 0.25) is 0 Å². The number of unbranched alkanes of at least 4 members (excludes halogenated alkanes) is 6. The van der Waals surface area contributed by atoms with Gasteiger partial charge >= 0.3 is 5.97 Å². The highest BCUT2D eigenvalue weighted by atomic mass is 16.4. The molecular weight excluding hydrogens is 256 g/mol. The Morgan fingerprint density at radius 2 is 1.70 bits per heavy atom. The number of aliphatic carboxylic acids is 1. The average Bonchev–Trinajstić information content (AvgIpc) is 2.41. The summed E-state index contributed by atoms with van der Waals surface area (Å²) in [5.41, 5.74) is 5.37. The highest BCUT2D eigenvalue weighted by Crippen LogP contribution is 2.07. The molecule has 5 heteroatoms. The van der Waals surface area contributed by atoms with E-state index in [1.807, 2.05) is 0 Å². The van der Waals surface area contributed by atoms with E-state index in [0.29, 0.717) is 19.4 Å². The molecule has 1 atom stereocenters. The summed E-state index contributed by atoms with van der Waals surface area (Å²) < 4.78 is 0.